The molecular formula is C14H23BrN2S. The number of nitrogens with zero attached hydrogens (tertiary/aromatic N) is 1. The lowest BCUT2D eigenvalue weighted by molar-refractivity contribution is 0.549. The van der Waals surface area contributed by atoms with Gasteiger partial charge >= 0.3 is 0 Å². The molecule has 0 amide bonds. The van der Waals surface area contributed by atoms with Gasteiger partial charge in [0.05, 0.1) is 0 Å². The lowest BCUT2D eigenvalue weighted by Gasteiger charge is -2.19. The zero-order valence-corrected chi connectivity index (χ0v) is 13.9. The van der Waals surface area contributed by atoms with Gasteiger partial charge in [-0.2, -0.15) is 11.8 Å². The number of hydrogen-bond donors (Lipinski definition) is 1. The van der Waals surface area contributed by atoms with E-state index in [1.807, 2.05) is 24.2 Å². The third-order valence-corrected chi connectivity index (χ3v) is 4.25. The molecule has 1 aromatic rings. The lowest BCUT2D eigenvalue weighted by Crippen LogP contribution is -2.34. The van der Waals surface area contributed by atoms with E-state index in [1.165, 1.54) is 12.0 Å². The minimum Gasteiger partial charge on any atom is -0.313 e. The molecule has 0 aromatic carbocycles. The summed E-state index contributed by atoms with van der Waals surface area (Å²) in [5.41, 5.74) is 1.29. The maximum Gasteiger partial charge on any atom is 0.0410 e. The average Bonchev–Trinajstić information content (AvgIpc) is 2.32. The molecule has 0 radical (unpaired) electrons. The summed E-state index contributed by atoms with van der Waals surface area (Å²) in [5.74, 6) is 1.16. The van der Waals surface area contributed by atoms with Crippen molar-refractivity contribution in [2.45, 2.75) is 44.9 Å². The summed E-state index contributed by atoms with van der Waals surface area (Å²) in [4.78, 5) is 4.23. The largest absolute Gasteiger partial charge is 0.313 e. The summed E-state index contributed by atoms with van der Waals surface area (Å²) in [6.45, 7) is 7.80. The smallest absolute Gasteiger partial charge is 0.0410 e. The van der Waals surface area contributed by atoms with Gasteiger partial charge in [-0.15, -0.1) is 0 Å². The second-order valence-electron chi connectivity index (χ2n) is 4.75. The summed E-state index contributed by atoms with van der Waals surface area (Å²) in [6.07, 6.45) is 6.03. The summed E-state index contributed by atoms with van der Waals surface area (Å²) in [7, 11) is 0. The maximum absolute atomic E-state index is 4.23. The van der Waals surface area contributed by atoms with Crippen molar-refractivity contribution in [1.82, 2.24) is 10.3 Å². The summed E-state index contributed by atoms with van der Waals surface area (Å²) >= 11 is 5.50. The first kappa shape index (κ1) is 16.0. The van der Waals surface area contributed by atoms with Crippen molar-refractivity contribution >= 4 is 27.7 Å². The van der Waals surface area contributed by atoms with Crippen LogP contribution in [0.5, 0.6) is 0 Å². The molecule has 1 aromatic heterocycles. The zero-order valence-electron chi connectivity index (χ0n) is 11.4. The Morgan fingerprint density at radius 1 is 1.39 bits per heavy atom. The lowest BCUT2D eigenvalue weighted by atomic mass is 10.1. The fraction of sp³-hybridized carbons (Fsp3) is 0.643. The third-order valence-electron chi connectivity index (χ3n) is 2.56. The predicted molar refractivity (Wildman–Crippen MR) is 85.3 cm³/mol. The molecule has 0 aliphatic rings. The maximum atomic E-state index is 4.23. The molecule has 0 saturated heterocycles. The van der Waals surface area contributed by atoms with Gasteiger partial charge in [-0.05, 0) is 52.2 Å². The average molecular weight is 331 g/mol. The molecule has 0 saturated carbocycles. The minimum atomic E-state index is 0.536. The van der Waals surface area contributed by atoms with Crippen LogP contribution in [-0.2, 0) is 6.42 Å². The van der Waals surface area contributed by atoms with E-state index in [2.05, 4.69) is 53.1 Å². The van der Waals surface area contributed by atoms with Gasteiger partial charge < -0.3 is 5.32 Å². The number of aromatic nitrogens is 1. The van der Waals surface area contributed by atoms with E-state index in [4.69, 9.17) is 0 Å². The monoisotopic (exact) mass is 330 g/mol. The number of pyridine rings is 1. The number of rotatable bonds is 8. The Morgan fingerprint density at radius 3 is 2.78 bits per heavy atom. The first-order valence-corrected chi connectivity index (χ1v) is 8.40. The van der Waals surface area contributed by atoms with Crippen molar-refractivity contribution < 1.29 is 0 Å². The van der Waals surface area contributed by atoms with Crippen molar-refractivity contribution in [1.29, 1.82) is 0 Å². The fourth-order valence-corrected chi connectivity index (χ4v) is 2.96. The molecule has 0 spiro atoms. The topological polar surface area (TPSA) is 24.9 Å². The van der Waals surface area contributed by atoms with Gasteiger partial charge in [0.2, 0.25) is 0 Å². The Bertz CT molecular complexity index is 344. The van der Waals surface area contributed by atoms with Crippen LogP contribution >= 0.6 is 27.7 Å². The highest BCUT2D eigenvalue weighted by Gasteiger charge is 2.10. The molecular weight excluding hydrogens is 308 g/mol. The Morgan fingerprint density at radius 2 is 2.17 bits per heavy atom. The second kappa shape index (κ2) is 8.94. The van der Waals surface area contributed by atoms with E-state index in [0.29, 0.717) is 11.3 Å². The van der Waals surface area contributed by atoms with Crippen molar-refractivity contribution in [3.8, 4) is 0 Å². The van der Waals surface area contributed by atoms with E-state index in [1.54, 1.807) is 0 Å². The third kappa shape index (κ3) is 6.76. The highest BCUT2D eigenvalue weighted by molar-refractivity contribution is 9.10. The molecule has 0 aliphatic heterocycles. The minimum absolute atomic E-state index is 0.536. The molecule has 1 unspecified atom stereocenters. The number of halogens is 1. The molecule has 18 heavy (non-hydrogen) atoms. The molecule has 1 rings (SSSR count). The predicted octanol–water partition coefficient (Wildman–Crippen LogP) is 3.90. The molecule has 0 fully saturated rings. The highest BCUT2D eigenvalue weighted by Crippen LogP contribution is 2.15. The van der Waals surface area contributed by atoms with E-state index < -0.39 is 0 Å². The number of nitrogens with one attached hydrogen (secondary N) is 1. The second-order valence-corrected chi connectivity index (χ2v) is 7.27. The van der Waals surface area contributed by atoms with Crippen LogP contribution in [0.15, 0.2) is 22.9 Å². The Hall–Kier alpha value is -0.0600. The molecule has 0 bridgehead atoms. The van der Waals surface area contributed by atoms with Crippen molar-refractivity contribution in [2.24, 2.45) is 0 Å². The van der Waals surface area contributed by atoms with Gasteiger partial charge in [0, 0.05) is 28.7 Å². The molecule has 0 aliphatic carbocycles. The van der Waals surface area contributed by atoms with Crippen molar-refractivity contribution in [3.63, 3.8) is 0 Å². The van der Waals surface area contributed by atoms with Crippen LogP contribution in [0.3, 0.4) is 0 Å². The number of thioether (sulfide) groups is 1. The van der Waals surface area contributed by atoms with Crippen molar-refractivity contribution in [2.75, 3.05) is 12.3 Å². The molecule has 2 nitrogen and oxygen atoms in total. The first-order valence-electron chi connectivity index (χ1n) is 6.56. The van der Waals surface area contributed by atoms with Gasteiger partial charge in [0.1, 0.15) is 0 Å². The summed E-state index contributed by atoms with van der Waals surface area (Å²) < 4.78 is 1.06. The normalized spacial score (nSPS) is 12.9. The number of hydrogen-bond acceptors (Lipinski definition) is 3. The SMILES string of the molecule is CCCNC(CSC(C)C)Cc1cncc(Br)c1. The summed E-state index contributed by atoms with van der Waals surface area (Å²) in [5, 5.41) is 4.32. The van der Waals surface area contributed by atoms with Gasteiger partial charge in [0.15, 0.2) is 0 Å². The van der Waals surface area contributed by atoms with Crippen molar-refractivity contribution in [3.05, 3.63) is 28.5 Å². The Labute approximate surface area is 123 Å². The summed E-state index contributed by atoms with van der Waals surface area (Å²) in [6, 6.07) is 2.70. The van der Waals surface area contributed by atoms with E-state index in [9.17, 15) is 0 Å². The van der Waals surface area contributed by atoms with E-state index in [-0.39, 0.29) is 0 Å². The molecule has 4 heteroatoms. The Kier molecular flexibility index (Phi) is 7.95. The van der Waals surface area contributed by atoms with Crippen LogP contribution in [0, 0.1) is 0 Å². The first-order chi connectivity index (χ1) is 8.61. The van der Waals surface area contributed by atoms with Gasteiger partial charge in [-0.1, -0.05) is 20.8 Å². The van der Waals surface area contributed by atoms with Crippen LogP contribution in [0.2, 0.25) is 0 Å². The Balaban J connectivity index is 2.53. The van der Waals surface area contributed by atoms with Crippen LogP contribution in [0.4, 0.5) is 0 Å². The zero-order chi connectivity index (χ0) is 13.4. The highest BCUT2D eigenvalue weighted by atomic mass is 79.9. The quantitative estimate of drug-likeness (QED) is 0.782. The molecule has 1 heterocycles. The van der Waals surface area contributed by atoms with Crippen LogP contribution < -0.4 is 5.32 Å². The molecule has 1 atom stereocenters. The van der Waals surface area contributed by atoms with Gasteiger partial charge in [-0.3, -0.25) is 4.98 Å². The standard InChI is InChI=1S/C14H23BrN2S/c1-4-5-17-14(10-18-11(2)3)7-12-6-13(15)9-16-8-12/h6,8-9,11,14,17H,4-5,7,10H2,1-3H3. The van der Waals surface area contributed by atoms with Crippen LogP contribution in [-0.4, -0.2) is 28.6 Å². The van der Waals surface area contributed by atoms with E-state index >= 15 is 0 Å². The van der Waals surface area contributed by atoms with Crippen LogP contribution in [0.25, 0.3) is 0 Å². The van der Waals surface area contributed by atoms with Gasteiger partial charge in [-0.25, -0.2) is 0 Å². The fourth-order valence-electron chi connectivity index (χ4n) is 1.70. The van der Waals surface area contributed by atoms with Gasteiger partial charge in [0.25, 0.3) is 0 Å². The molecule has 1 N–H and O–H groups in total. The molecule has 102 valence electrons. The van der Waals surface area contributed by atoms with E-state index in [0.717, 1.165) is 23.2 Å². The van der Waals surface area contributed by atoms with Crippen LogP contribution in [0.1, 0.15) is 32.8 Å².